The van der Waals surface area contributed by atoms with Crippen molar-refractivity contribution >= 4 is 12.3 Å². The first kappa shape index (κ1) is 18.3. The summed E-state index contributed by atoms with van der Waals surface area (Å²) in [5.74, 6) is -0.371. The molecule has 1 aliphatic rings. The molecule has 1 saturated heterocycles. The number of carbonyl (C=O) groups excluding carboxylic acids is 2. The number of piperidine rings is 1. The molecule has 1 heterocycles. The second-order valence-electron chi connectivity index (χ2n) is 6.24. The van der Waals surface area contributed by atoms with E-state index in [4.69, 9.17) is 0 Å². The van der Waals surface area contributed by atoms with Gasteiger partial charge in [-0.1, -0.05) is 30.3 Å². The molecular weight excluding hydrogens is 285 g/mol. The molecule has 5 heteroatoms. The van der Waals surface area contributed by atoms with Crippen LogP contribution in [0.2, 0.25) is 0 Å². The van der Waals surface area contributed by atoms with E-state index in [-0.39, 0.29) is 24.2 Å². The first-order chi connectivity index (χ1) is 10.3. The maximum atomic E-state index is 14.3. The number of Topliss-reactive ketones (excluding diaryl/α,β-unsaturated/α-hetero) is 1. The van der Waals surface area contributed by atoms with Gasteiger partial charge in [0.2, 0.25) is 0 Å². The lowest BCUT2D eigenvalue weighted by atomic mass is 9.86. The first-order valence-corrected chi connectivity index (χ1v) is 7.39. The molecule has 0 unspecified atom stereocenters. The number of rotatable bonds is 3. The fourth-order valence-electron chi connectivity index (χ4n) is 2.04. The van der Waals surface area contributed by atoms with Crippen LogP contribution in [0.4, 0.5) is 4.39 Å². The van der Waals surface area contributed by atoms with Crippen molar-refractivity contribution in [3.63, 3.8) is 0 Å². The van der Waals surface area contributed by atoms with Crippen molar-refractivity contribution in [3.8, 4) is 0 Å². The summed E-state index contributed by atoms with van der Waals surface area (Å²) in [5.41, 5.74) is -1.50. The Labute approximate surface area is 131 Å². The molecule has 122 valence electrons. The van der Waals surface area contributed by atoms with Gasteiger partial charge < -0.3 is 10.1 Å². The number of nitrogens with one attached hydrogen (secondary N) is 1. The molecule has 4 nitrogen and oxygen atoms in total. The lowest BCUT2D eigenvalue weighted by molar-refractivity contribution is -0.138. The molecule has 0 spiro atoms. The van der Waals surface area contributed by atoms with E-state index < -0.39 is 5.67 Å². The summed E-state index contributed by atoms with van der Waals surface area (Å²) in [6, 6.07) is 8.69. The van der Waals surface area contributed by atoms with Crippen LogP contribution in [0.3, 0.4) is 0 Å². The first-order valence-electron chi connectivity index (χ1n) is 7.39. The summed E-state index contributed by atoms with van der Waals surface area (Å²) in [6.07, 6.45) is 0.557. The van der Waals surface area contributed by atoms with Crippen LogP contribution in [0.25, 0.3) is 0 Å². The molecule has 1 aromatic carbocycles. The van der Waals surface area contributed by atoms with E-state index >= 15 is 0 Å². The normalized spacial score (nSPS) is 16.9. The zero-order chi connectivity index (χ0) is 16.6. The summed E-state index contributed by atoms with van der Waals surface area (Å²) in [6.45, 7) is 7.08. The third-order valence-electron chi connectivity index (χ3n) is 3.24. The Bertz CT molecular complexity index is 476. The summed E-state index contributed by atoms with van der Waals surface area (Å²) >= 11 is 0. The van der Waals surface area contributed by atoms with Gasteiger partial charge in [0.15, 0.2) is 11.5 Å². The predicted molar refractivity (Wildman–Crippen MR) is 83.6 cm³/mol. The van der Waals surface area contributed by atoms with Crippen LogP contribution in [-0.4, -0.2) is 36.6 Å². The van der Waals surface area contributed by atoms with Gasteiger partial charge in [-0.2, -0.15) is 0 Å². The zero-order valence-corrected chi connectivity index (χ0v) is 13.4. The number of benzene rings is 1. The molecule has 0 bridgehead atoms. The molecule has 1 fully saturated rings. The molecule has 0 aromatic heterocycles. The van der Waals surface area contributed by atoms with Crippen LogP contribution < -0.4 is 5.32 Å². The van der Waals surface area contributed by atoms with Crippen molar-refractivity contribution in [2.45, 2.75) is 44.9 Å². The predicted octanol–water partition coefficient (Wildman–Crippen LogP) is 2.92. The van der Waals surface area contributed by atoms with Crippen LogP contribution in [0.1, 0.15) is 44.0 Å². The third kappa shape index (κ3) is 5.93. The van der Waals surface area contributed by atoms with Crippen molar-refractivity contribution < 1.29 is 18.7 Å². The fourth-order valence-corrected chi connectivity index (χ4v) is 2.04. The number of hydrogen-bond acceptors (Lipinski definition) is 4. The summed E-state index contributed by atoms with van der Waals surface area (Å²) in [5, 5.41) is 3.05. The largest absolute Gasteiger partial charge is 0.462 e. The Morgan fingerprint density at radius 2 is 1.77 bits per heavy atom. The number of alkyl halides is 1. The van der Waals surface area contributed by atoms with Crippen molar-refractivity contribution in [2.24, 2.45) is 0 Å². The molecule has 0 radical (unpaired) electrons. The Kier molecular flexibility index (Phi) is 6.68. The van der Waals surface area contributed by atoms with Gasteiger partial charge in [-0.05, 0) is 33.9 Å². The average molecular weight is 309 g/mol. The molecule has 1 aliphatic heterocycles. The Morgan fingerprint density at radius 1 is 1.23 bits per heavy atom. The minimum Gasteiger partial charge on any atom is -0.462 e. The highest BCUT2D eigenvalue weighted by molar-refractivity contribution is 6.02. The van der Waals surface area contributed by atoms with E-state index in [1.807, 2.05) is 26.8 Å². The van der Waals surface area contributed by atoms with Gasteiger partial charge in [0.1, 0.15) is 5.60 Å². The fraction of sp³-hybridized carbons (Fsp3) is 0.529. The summed E-state index contributed by atoms with van der Waals surface area (Å²) in [4.78, 5) is 21.5. The van der Waals surface area contributed by atoms with Crippen LogP contribution in [0.15, 0.2) is 30.3 Å². The number of ether oxygens (including phenoxy) is 1. The molecular formula is C17H24FNO3. The summed E-state index contributed by atoms with van der Waals surface area (Å²) in [7, 11) is 0. The minimum atomic E-state index is -1.66. The smallest absolute Gasteiger partial charge is 0.293 e. The van der Waals surface area contributed by atoms with Crippen molar-refractivity contribution in [1.82, 2.24) is 5.32 Å². The molecule has 22 heavy (non-hydrogen) atoms. The van der Waals surface area contributed by atoms with E-state index in [0.29, 0.717) is 25.1 Å². The molecule has 0 aliphatic carbocycles. The molecule has 0 saturated carbocycles. The Balaban J connectivity index is 0.000000295. The van der Waals surface area contributed by atoms with Gasteiger partial charge in [0.25, 0.3) is 6.47 Å². The molecule has 1 N–H and O–H groups in total. The van der Waals surface area contributed by atoms with Crippen molar-refractivity contribution in [1.29, 1.82) is 0 Å². The molecule has 0 amide bonds. The monoisotopic (exact) mass is 309 g/mol. The standard InChI is InChI=1S/C12H14FNO.C5H10O2/c13-12(6-8-14-9-7-12)11(15)10-4-2-1-3-5-10;1-5(2,3)7-4-6/h1-5,14H,6-9H2;4H,1-3H3. The van der Waals surface area contributed by atoms with Crippen molar-refractivity contribution in [2.75, 3.05) is 13.1 Å². The quantitative estimate of drug-likeness (QED) is 0.689. The minimum absolute atomic E-state index is 0.278. The second-order valence-corrected chi connectivity index (χ2v) is 6.24. The van der Waals surface area contributed by atoms with E-state index in [1.54, 1.807) is 24.3 Å². The van der Waals surface area contributed by atoms with Crippen LogP contribution in [0, 0.1) is 0 Å². The highest BCUT2D eigenvalue weighted by Crippen LogP contribution is 2.27. The Morgan fingerprint density at radius 3 is 2.18 bits per heavy atom. The maximum Gasteiger partial charge on any atom is 0.293 e. The van der Waals surface area contributed by atoms with Gasteiger partial charge in [-0.15, -0.1) is 0 Å². The molecule has 2 rings (SSSR count). The van der Waals surface area contributed by atoms with Gasteiger partial charge in [-0.25, -0.2) is 4.39 Å². The Hall–Kier alpha value is -1.75. The molecule has 0 atom stereocenters. The van der Waals surface area contributed by atoms with Crippen molar-refractivity contribution in [3.05, 3.63) is 35.9 Å². The van der Waals surface area contributed by atoms with Crippen LogP contribution in [0.5, 0.6) is 0 Å². The van der Waals surface area contributed by atoms with E-state index in [9.17, 15) is 14.0 Å². The van der Waals surface area contributed by atoms with Crippen LogP contribution in [-0.2, 0) is 9.53 Å². The number of ketones is 1. The number of halogens is 1. The summed E-state index contributed by atoms with van der Waals surface area (Å²) < 4.78 is 18.8. The van der Waals surface area contributed by atoms with Gasteiger partial charge >= 0.3 is 0 Å². The molecule has 1 aromatic rings. The number of hydrogen-bond donors (Lipinski definition) is 1. The maximum absolute atomic E-state index is 14.3. The lowest BCUT2D eigenvalue weighted by Gasteiger charge is -2.28. The lowest BCUT2D eigenvalue weighted by Crippen LogP contribution is -2.44. The van der Waals surface area contributed by atoms with E-state index in [2.05, 4.69) is 10.1 Å². The highest BCUT2D eigenvalue weighted by Gasteiger charge is 2.39. The topological polar surface area (TPSA) is 55.4 Å². The van der Waals surface area contributed by atoms with E-state index in [0.717, 1.165) is 0 Å². The zero-order valence-electron chi connectivity index (χ0n) is 13.4. The van der Waals surface area contributed by atoms with Gasteiger partial charge in [0.05, 0.1) is 0 Å². The third-order valence-corrected chi connectivity index (χ3v) is 3.24. The van der Waals surface area contributed by atoms with E-state index in [1.165, 1.54) is 0 Å². The average Bonchev–Trinajstić information content (AvgIpc) is 2.47. The SMILES string of the molecule is CC(C)(C)OC=O.O=C(c1ccccc1)C1(F)CCNCC1. The van der Waals surface area contributed by atoms with Gasteiger partial charge in [0, 0.05) is 18.4 Å². The second kappa shape index (κ2) is 8.03. The highest BCUT2D eigenvalue weighted by atomic mass is 19.1. The number of carbonyl (C=O) groups is 2. The van der Waals surface area contributed by atoms with Gasteiger partial charge in [-0.3, -0.25) is 9.59 Å². The van der Waals surface area contributed by atoms with Crippen LogP contribution >= 0.6 is 0 Å².